The van der Waals surface area contributed by atoms with Gasteiger partial charge in [-0.05, 0) is 48.5 Å². The lowest BCUT2D eigenvalue weighted by atomic mass is 10.0. The Hall–Kier alpha value is -4.46. The smallest absolute Gasteiger partial charge is 0.248 e. The number of nitrogens with one attached hydrogen (secondary N) is 1. The Morgan fingerprint density at radius 1 is 0.854 bits per heavy atom. The van der Waals surface area contributed by atoms with Crippen LogP contribution in [0.2, 0.25) is 10.0 Å². The van der Waals surface area contributed by atoms with Crippen molar-refractivity contribution in [1.29, 1.82) is 0 Å². The van der Waals surface area contributed by atoms with Crippen LogP contribution in [0.4, 0.5) is 11.4 Å². The zero-order valence-corrected chi connectivity index (χ0v) is 24.0. The van der Waals surface area contributed by atoms with Gasteiger partial charge in [-0.3, -0.25) is 9.79 Å². The molecule has 0 aliphatic carbocycles. The second-order valence-electron chi connectivity index (χ2n) is 9.37. The summed E-state index contributed by atoms with van der Waals surface area (Å²) >= 11 is 12.2. The van der Waals surface area contributed by atoms with E-state index in [1.54, 1.807) is 37.2 Å². The molecule has 0 radical (unpaired) electrons. The fourth-order valence-corrected chi connectivity index (χ4v) is 5.01. The van der Waals surface area contributed by atoms with Gasteiger partial charge in [0.2, 0.25) is 18.2 Å². The van der Waals surface area contributed by atoms with E-state index in [0.29, 0.717) is 21.6 Å². The second kappa shape index (κ2) is 12.4. The number of hydrogen-bond donors (Lipinski definition) is 1. The maximum Gasteiger partial charge on any atom is 0.248 e. The van der Waals surface area contributed by atoms with Crippen molar-refractivity contribution >= 4 is 57.7 Å². The third-order valence-electron chi connectivity index (χ3n) is 6.72. The third kappa shape index (κ3) is 6.16. The number of anilines is 1. The van der Waals surface area contributed by atoms with Gasteiger partial charge in [0.15, 0.2) is 5.84 Å². The number of benzodiazepines with no additional fused rings is 1. The summed E-state index contributed by atoms with van der Waals surface area (Å²) in [5, 5.41) is 16.8. The second-order valence-corrected chi connectivity index (χ2v) is 10.2. The zero-order valence-electron chi connectivity index (χ0n) is 22.5. The number of nitrogens with zero attached hydrogens (tertiary/aromatic N) is 4. The molecule has 0 saturated carbocycles. The van der Waals surface area contributed by atoms with Gasteiger partial charge in [0, 0.05) is 40.8 Å². The third-order valence-corrected chi connectivity index (χ3v) is 7.19. The summed E-state index contributed by atoms with van der Waals surface area (Å²) in [5.41, 5.74) is 6.43. The van der Waals surface area contributed by atoms with Crippen LogP contribution in [0.1, 0.15) is 22.3 Å². The van der Waals surface area contributed by atoms with Crippen molar-refractivity contribution in [2.75, 3.05) is 32.1 Å². The molecule has 0 aromatic heterocycles. The lowest BCUT2D eigenvalue weighted by Gasteiger charge is -2.18. The number of hydrogen-bond acceptors (Lipinski definition) is 5. The molecular formula is C32H27Cl2N5O2. The Morgan fingerprint density at radius 3 is 2.12 bits per heavy atom. The van der Waals surface area contributed by atoms with Gasteiger partial charge < -0.3 is 15.4 Å². The first-order valence-electron chi connectivity index (χ1n) is 12.9. The van der Waals surface area contributed by atoms with Crippen molar-refractivity contribution in [1.82, 2.24) is 5.32 Å². The van der Waals surface area contributed by atoms with Crippen molar-refractivity contribution in [3.63, 3.8) is 0 Å². The van der Waals surface area contributed by atoms with E-state index < -0.39 is 0 Å². The largest absolute Gasteiger partial charge is 0.623 e. The number of fused-ring (bicyclic) bond motifs is 2. The number of likely N-dealkylation sites (N-methyl/N-ethyl adjacent to an activating group) is 2. The molecule has 0 fully saturated rings. The van der Waals surface area contributed by atoms with Gasteiger partial charge in [-0.1, -0.05) is 71.7 Å². The molecular weight excluding hydrogens is 557 g/mol. The van der Waals surface area contributed by atoms with Gasteiger partial charge in [-0.25, -0.2) is 4.99 Å². The summed E-state index contributed by atoms with van der Waals surface area (Å²) in [6, 6.07) is 30.3. The lowest BCUT2D eigenvalue weighted by molar-refractivity contribution is -0.439. The van der Waals surface area contributed by atoms with Crippen LogP contribution >= 0.6 is 23.2 Å². The number of rotatable bonds is 2. The number of hydroxylamine groups is 1. The van der Waals surface area contributed by atoms with Crippen molar-refractivity contribution < 1.29 is 9.53 Å². The molecule has 4 aromatic rings. The number of amides is 1. The first-order chi connectivity index (χ1) is 19.9. The Morgan fingerprint density at radius 2 is 1.46 bits per heavy atom. The molecule has 1 N–H and O–H groups in total. The molecule has 4 aromatic carbocycles. The summed E-state index contributed by atoms with van der Waals surface area (Å²) in [5.74, 6) is 0.596. The molecule has 0 atom stereocenters. The van der Waals surface area contributed by atoms with Crippen LogP contribution in [0.25, 0.3) is 0 Å². The fraction of sp³-hybridized carbons (Fsp3) is 0.125. The van der Waals surface area contributed by atoms with Crippen LogP contribution in [-0.2, 0) is 4.79 Å². The molecule has 9 heteroatoms. The van der Waals surface area contributed by atoms with Gasteiger partial charge in [0.05, 0.1) is 22.6 Å². The number of benzene rings is 4. The minimum absolute atomic E-state index is 0.0282. The highest BCUT2D eigenvalue weighted by atomic mass is 35.5. The van der Waals surface area contributed by atoms with Gasteiger partial charge in [0.25, 0.3) is 0 Å². The summed E-state index contributed by atoms with van der Waals surface area (Å²) in [7, 11) is 3.52. The van der Waals surface area contributed by atoms with Crippen molar-refractivity contribution in [3.05, 3.63) is 135 Å². The Kier molecular flexibility index (Phi) is 8.47. The monoisotopic (exact) mass is 583 g/mol. The van der Waals surface area contributed by atoms with Crippen LogP contribution in [0, 0.1) is 5.21 Å². The molecule has 0 saturated heterocycles. The zero-order chi connectivity index (χ0) is 28.9. The van der Waals surface area contributed by atoms with E-state index in [1.165, 1.54) is 0 Å². The number of amidine groups is 1. The van der Waals surface area contributed by atoms with Crippen molar-refractivity contribution in [2.24, 2.45) is 9.98 Å². The summed E-state index contributed by atoms with van der Waals surface area (Å²) in [6.45, 7) is 0.319. The highest BCUT2D eigenvalue weighted by molar-refractivity contribution is 6.32. The summed E-state index contributed by atoms with van der Waals surface area (Å²) < 4.78 is 0.951. The van der Waals surface area contributed by atoms with E-state index in [4.69, 9.17) is 23.2 Å². The van der Waals surface area contributed by atoms with Crippen LogP contribution < -0.4 is 10.2 Å². The Labute approximate surface area is 248 Å². The molecule has 2 aliphatic heterocycles. The van der Waals surface area contributed by atoms with E-state index in [1.807, 2.05) is 78.9 Å². The molecule has 206 valence electrons. The normalized spacial score (nSPS) is 14.4. The highest BCUT2D eigenvalue weighted by Crippen LogP contribution is 2.29. The minimum atomic E-state index is -0.0282. The van der Waals surface area contributed by atoms with Gasteiger partial charge >= 0.3 is 0 Å². The van der Waals surface area contributed by atoms with Gasteiger partial charge in [-0.2, -0.15) is 4.74 Å². The molecule has 41 heavy (non-hydrogen) atoms. The molecule has 0 unspecified atom stereocenters. The average Bonchev–Trinajstić information content (AvgIpc) is 3.20. The van der Waals surface area contributed by atoms with Crippen molar-refractivity contribution in [2.45, 2.75) is 0 Å². The molecule has 7 nitrogen and oxygen atoms in total. The number of carbonyl (C=O) groups excluding carboxylic acids is 1. The number of aliphatic imine (C=N–C) groups is 2. The lowest BCUT2D eigenvalue weighted by Crippen LogP contribution is -2.29. The molecule has 0 bridgehead atoms. The van der Waals surface area contributed by atoms with E-state index >= 15 is 0 Å². The maximum absolute atomic E-state index is 12.6. The fourth-order valence-electron chi connectivity index (χ4n) is 4.66. The van der Waals surface area contributed by atoms with E-state index in [0.717, 1.165) is 44.1 Å². The molecule has 1 amide bonds. The SMILES string of the molecule is CN1C(=O)CN=C(c2ccccc2)c2cc(Cl)ccc21.CNC1=Nc2ccc(Cl)cc2C(c2ccccc2)=[N+]([O-])C1. The first-order valence-corrected chi connectivity index (χ1v) is 13.7. The summed E-state index contributed by atoms with van der Waals surface area (Å²) in [4.78, 5) is 22.6. The van der Waals surface area contributed by atoms with Gasteiger partial charge in [-0.15, -0.1) is 0 Å². The van der Waals surface area contributed by atoms with Crippen LogP contribution in [-0.4, -0.2) is 55.1 Å². The Balaban J connectivity index is 0.000000165. The molecule has 2 heterocycles. The standard InChI is InChI=1S/C16H14ClN3O.C16H13ClN2O/c1-18-15-10-20(21)16(11-5-3-2-4-6-11)13-9-12(17)7-8-14(13)19-15;1-19-14-8-7-12(17)9-13(14)16(18-10-15(19)20)11-5-3-2-4-6-11/h2-9H,10H2,1H3,(H,18,19);2-9H,10H2,1H3. The first kappa shape index (κ1) is 28.1. The van der Waals surface area contributed by atoms with E-state index in [9.17, 15) is 10.0 Å². The quantitative estimate of drug-likeness (QED) is 0.228. The predicted molar refractivity (Wildman–Crippen MR) is 168 cm³/mol. The minimum Gasteiger partial charge on any atom is -0.623 e. The maximum atomic E-state index is 12.6. The average molecular weight is 585 g/mol. The Bertz CT molecular complexity index is 1690. The number of halogens is 2. The van der Waals surface area contributed by atoms with Gasteiger partial charge in [0.1, 0.15) is 6.54 Å². The number of carbonyl (C=O) groups is 1. The van der Waals surface area contributed by atoms with Crippen molar-refractivity contribution in [3.8, 4) is 0 Å². The van der Waals surface area contributed by atoms with Crippen LogP contribution in [0.3, 0.4) is 0 Å². The molecule has 2 aliphatic rings. The topological polar surface area (TPSA) is 83.1 Å². The van der Waals surface area contributed by atoms with Crippen LogP contribution in [0.5, 0.6) is 0 Å². The summed E-state index contributed by atoms with van der Waals surface area (Å²) in [6.07, 6.45) is 0. The highest BCUT2D eigenvalue weighted by Gasteiger charge is 2.25. The molecule has 0 spiro atoms. The van der Waals surface area contributed by atoms with E-state index in [-0.39, 0.29) is 19.0 Å². The predicted octanol–water partition coefficient (Wildman–Crippen LogP) is 6.10. The van der Waals surface area contributed by atoms with Crippen LogP contribution in [0.15, 0.2) is 107 Å². The van der Waals surface area contributed by atoms with E-state index in [2.05, 4.69) is 15.3 Å². The molecule has 6 rings (SSSR count).